The van der Waals surface area contributed by atoms with Crippen LogP contribution in [0.4, 0.5) is 11.5 Å². The molecule has 1 atom stereocenters. The van der Waals surface area contributed by atoms with Gasteiger partial charge in [-0.2, -0.15) is 4.98 Å². The Kier molecular flexibility index (Phi) is 3.73. The number of nitrogens with two attached hydrogens (primary N) is 1. The Labute approximate surface area is 112 Å². The predicted molar refractivity (Wildman–Crippen MR) is 72.1 cm³/mol. The van der Waals surface area contributed by atoms with Crippen LogP contribution in [0.2, 0.25) is 0 Å². The molecule has 19 heavy (non-hydrogen) atoms. The zero-order valence-electron chi connectivity index (χ0n) is 11.5. The van der Waals surface area contributed by atoms with Gasteiger partial charge in [-0.1, -0.05) is 0 Å². The number of hydrogen-bond donors (Lipinski definition) is 1. The fraction of sp³-hybridized carbons (Fsp3) is 0.583. The highest BCUT2D eigenvalue weighted by Gasteiger charge is 2.34. The molecule has 2 N–H and O–H groups in total. The van der Waals surface area contributed by atoms with Gasteiger partial charge in [0.25, 0.3) is 0 Å². The Hall–Kier alpha value is -2.05. The first kappa shape index (κ1) is 13.4. The summed E-state index contributed by atoms with van der Waals surface area (Å²) in [5.74, 6) is 0.979. The van der Waals surface area contributed by atoms with E-state index in [0.29, 0.717) is 17.4 Å². The second-order valence-electron chi connectivity index (χ2n) is 4.70. The number of methoxy groups -OCH3 is 1. The predicted octanol–water partition coefficient (Wildman–Crippen LogP) is 0.124. The van der Waals surface area contributed by atoms with Gasteiger partial charge >= 0.3 is 0 Å². The molecule has 0 aromatic carbocycles. The highest BCUT2D eigenvalue weighted by Crippen LogP contribution is 2.32. The van der Waals surface area contributed by atoms with Crippen molar-refractivity contribution in [3.05, 3.63) is 6.33 Å². The molecule has 0 radical (unpaired) electrons. The van der Waals surface area contributed by atoms with Crippen molar-refractivity contribution in [1.82, 2.24) is 14.9 Å². The third-order valence-electron chi connectivity index (χ3n) is 3.27. The van der Waals surface area contributed by atoms with Gasteiger partial charge < -0.3 is 20.3 Å². The van der Waals surface area contributed by atoms with Crippen LogP contribution in [0.15, 0.2) is 6.33 Å². The van der Waals surface area contributed by atoms with E-state index in [0.717, 1.165) is 19.4 Å². The van der Waals surface area contributed by atoms with Crippen molar-refractivity contribution in [3.63, 3.8) is 0 Å². The Bertz CT molecular complexity index is 477. The molecule has 0 saturated carbocycles. The molecule has 1 aromatic rings. The molecular weight excluding hydrogens is 246 g/mol. The molecule has 1 amide bonds. The summed E-state index contributed by atoms with van der Waals surface area (Å²) in [7, 11) is 5.01. The molecule has 7 heteroatoms. The third kappa shape index (κ3) is 2.40. The summed E-state index contributed by atoms with van der Waals surface area (Å²) < 4.78 is 5.09. The van der Waals surface area contributed by atoms with E-state index in [4.69, 9.17) is 10.5 Å². The minimum Gasteiger partial charge on any atom is -0.479 e. The summed E-state index contributed by atoms with van der Waals surface area (Å²) in [6.07, 6.45) is 3.15. The minimum atomic E-state index is -0.211. The molecule has 0 aliphatic carbocycles. The maximum atomic E-state index is 12.2. The molecule has 1 aliphatic heterocycles. The maximum Gasteiger partial charge on any atom is 0.244 e. The second kappa shape index (κ2) is 5.29. The Morgan fingerprint density at radius 2 is 2.26 bits per heavy atom. The summed E-state index contributed by atoms with van der Waals surface area (Å²) >= 11 is 0. The number of likely N-dealkylation sites (N-methyl/N-ethyl adjacent to an activating group) is 1. The number of amides is 1. The lowest BCUT2D eigenvalue weighted by molar-refractivity contribution is -0.129. The van der Waals surface area contributed by atoms with Crippen molar-refractivity contribution in [1.29, 1.82) is 0 Å². The Morgan fingerprint density at radius 1 is 1.53 bits per heavy atom. The van der Waals surface area contributed by atoms with E-state index in [1.807, 2.05) is 4.90 Å². The van der Waals surface area contributed by atoms with Gasteiger partial charge in [0.15, 0.2) is 5.82 Å². The van der Waals surface area contributed by atoms with Gasteiger partial charge in [0.2, 0.25) is 11.8 Å². The fourth-order valence-corrected chi connectivity index (χ4v) is 2.34. The number of nitrogens with zero attached hydrogens (tertiary/aromatic N) is 4. The van der Waals surface area contributed by atoms with Crippen molar-refractivity contribution in [3.8, 4) is 5.88 Å². The van der Waals surface area contributed by atoms with E-state index in [9.17, 15) is 4.79 Å². The van der Waals surface area contributed by atoms with Crippen LogP contribution in [0.5, 0.6) is 5.88 Å². The normalized spacial score (nSPS) is 18.5. The lowest BCUT2D eigenvalue weighted by Crippen LogP contribution is -2.43. The van der Waals surface area contributed by atoms with Gasteiger partial charge in [0.05, 0.1) is 7.11 Å². The van der Waals surface area contributed by atoms with Gasteiger partial charge in [-0.15, -0.1) is 0 Å². The van der Waals surface area contributed by atoms with E-state index in [2.05, 4.69) is 9.97 Å². The first-order chi connectivity index (χ1) is 9.06. The monoisotopic (exact) mass is 265 g/mol. The molecule has 1 aliphatic rings. The highest BCUT2D eigenvalue weighted by molar-refractivity contribution is 5.86. The first-order valence-electron chi connectivity index (χ1n) is 6.18. The standard InChI is InChI=1S/C12H19N5O2/c1-16(2)12(18)8-5-4-6-17(8)10-9(13)11(19-3)15-7-14-10/h7-8H,4-6,13H2,1-3H3. The van der Waals surface area contributed by atoms with Crippen LogP contribution in [-0.2, 0) is 4.79 Å². The molecule has 7 nitrogen and oxygen atoms in total. The van der Waals surface area contributed by atoms with Crippen LogP contribution in [0, 0.1) is 0 Å². The molecule has 1 aromatic heterocycles. The van der Waals surface area contributed by atoms with E-state index in [-0.39, 0.29) is 11.9 Å². The van der Waals surface area contributed by atoms with E-state index < -0.39 is 0 Å². The third-order valence-corrected chi connectivity index (χ3v) is 3.27. The first-order valence-corrected chi connectivity index (χ1v) is 6.18. The average molecular weight is 265 g/mol. The SMILES string of the molecule is COc1ncnc(N2CCCC2C(=O)N(C)C)c1N. The zero-order chi connectivity index (χ0) is 14.0. The number of anilines is 2. The minimum absolute atomic E-state index is 0.0643. The lowest BCUT2D eigenvalue weighted by Gasteiger charge is -2.27. The van der Waals surface area contributed by atoms with E-state index >= 15 is 0 Å². The number of hydrogen-bond acceptors (Lipinski definition) is 6. The maximum absolute atomic E-state index is 12.2. The van der Waals surface area contributed by atoms with Crippen molar-refractivity contribution in [2.24, 2.45) is 0 Å². The van der Waals surface area contributed by atoms with Crippen LogP contribution in [0.25, 0.3) is 0 Å². The largest absolute Gasteiger partial charge is 0.479 e. The topological polar surface area (TPSA) is 84.6 Å². The quantitative estimate of drug-likeness (QED) is 0.836. The van der Waals surface area contributed by atoms with Crippen LogP contribution >= 0.6 is 0 Å². The highest BCUT2D eigenvalue weighted by atomic mass is 16.5. The van der Waals surface area contributed by atoms with Crippen molar-refractivity contribution >= 4 is 17.4 Å². The molecule has 1 fully saturated rings. The molecule has 2 heterocycles. The molecule has 0 spiro atoms. The van der Waals surface area contributed by atoms with Crippen LogP contribution < -0.4 is 15.4 Å². The van der Waals surface area contributed by atoms with E-state index in [1.54, 1.807) is 19.0 Å². The lowest BCUT2D eigenvalue weighted by atomic mass is 10.2. The van der Waals surface area contributed by atoms with E-state index in [1.165, 1.54) is 13.4 Å². The van der Waals surface area contributed by atoms with Crippen molar-refractivity contribution < 1.29 is 9.53 Å². The Morgan fingerprint density at radius 3 is 2.89 bits per heavy atom. The van der Waals surface area contributed by atoms with Gasteiger partial charge in [-0.05, 0) is 12.8 Å². The zero-order valence-corrected chi connectivity index (χ0v) is 11.5. The number of carbonyl (C=O) groups excluding carboxylic acids is 1. The smallest absolute Gasteiger partial charge is 0.244 e. The molecule has 1 saturated heterocycles. The van der Waals surface area contributed by atoms with Crippen molar-refractivity contribution in [2.75, 3.05) is 38.4 Å². The molecule has 2 rings (SSSR count). The molecule has 104 valence electrons. The van der Waals surface area contributed by atoms with Crippen LogP contribution in [-0.4, -0.2) is 54.6 Å². The number of carbonyl (C=O) groups is 1. The summed E-state index contributed by atoms with van der Waals surface area (Å²) in [6.45, 7) is 0.759. The van der Waals surface area contributed by atoms with Gasteiger partial charge in [0, 0.05) is 20.6 Å². The number of aromatic nitrogens is 2. The van der Waals surface area contributed by atoms with Crippen LogP contribution in [0.3, 0.4) is 0 Å². The summed E-state index contributed by atoms with van der Waals surface area (Å²) in [5.41, 5.74) is 6.37. The number of ether oxygens (including phenoxy) is 1. The molecular formula is C12H19N5O2. The number of nitrogen functional groups attached to an aromatic ring is 1. The summed E-state index contributed by atoms with van der Waals surface area (Å²) in [6, 6.07) is -0.211. The summed E-state index contributed by atoms with van der Waals surface area (Å²) in [4.78, 5) is 23.8. The van der Waals surface area contributed by atoms with Crippen molar-refractivity contribution in [2.45, 2.75) is 18.9 Å². The van der Waals surface area contributed by atoms with Gasteiger partial charge in [0.1, 0.15) is 18.1 Å². The average Bonchev–Trinajstić information content (AvgIpc) is 2.87. The fourth-order valence-electron chi connectivity index (χ4n) is 2.34. The number of rotatable bonds is 3. The van der Waals surface area contributed by atoms with Gasteiger partial charge in [-0.25, -0.2) is 4.98 Å². The van der Waals surface area contributed by atoms with Crippen LogP contribution in [0.1, 0.15) is 12.8 Å². The molecule has 0 bridgehead atoms. The second-order valence-corrected chi connectivity index (χ2v) is 4.70. The molecule has 1 unspecified atom stereocenters. The Balaban J connectivity index is 2.33. The van der Waals surface area contributed by atoms with Gasteiger partial charge in [-0.3, -0.25) is 4.79 Å². The summed E-state index contributed by atoms with van der Waals surface area (Å²) in [5, 5.41) is 0.